The van der Waals surface area contributed by atoms with Gasteiger partial charge in [-0.05, 0) is 37.3 Å². The number of amides is 3. The average molecular weight is 340 g/mol. The van der Waals surface area contributed by atoms with Gasteiger partial charge in [-0.15, -0.1) is 0 Å². The fourth-order valence-corrected chi connectivity index (χ4v) is 3.49. The summed E-state index contributed by atoms with van der Waals surface area (Å²) in [5.41, 5.74) is 2.10. The minimum atomic E-state index is -0.531. The second-order valence-electron chi connectivity index (χ2n) is 7.04. The number of fused-ring (bicyclic) bond motifs is 1. The SMILES string of the molecule is O=C(NC1CC1)N[C@@H](Cc1c[nH]c2ccccc12)C(=O)N1CCCC1. The number of rotatable bonds is 5. The van der Waals surface area contributed by atoms with Crippen molar-refractivity contribution in [3.8, 4) is 0 Å². The lowest BCUT2D eigenvalue weighted by Gasteiger charge is -2.24. The minimum Gasteiger partial charge on any atom is -0.361 e. The zero-order chi connectivity index (χ0) is 17.2. The van der Waals surface area contributed by atoms with Crippen LogP contribution >= 0.6 is 0 Å². The summed E-state index contributed by atoms with van der Waals surface area (Å²) in [6.07, 6.45) is 6.58. The first-order valence-electron chi connectivity index (χ1n) is 9.11. The molecule has 0 radical (unpaired) electrons. The topological polar surface area (TPSA) is 77.2 Å². The van der Waals surface area contributed by atoms with E-state index in [0.29, 0.717) is 6.42 Å². The Hall–Kier alpha value is -2.50. The summed E-state index contributed by atoms with van der Waals surface area (Å²) >= 11 is 0. The van der Waals surface area contributed by atoms with Crippen LogP contribution in [0.5, 0.6) is 0 Å². The van der Waals surface area contributed by atoms with Crippen molar-refractivity contribution in [2.45, 2.75) is 44.2 Å². The number of likely N-dealkylation sites (tertiary alicyclic amines) is 1. The van der Waals surface area contributed by atoms with Gasteiger partial charge in [-0.3, -0.25) is 4.79 Å². The lowest BCUT2D eigenvalue weighted by atomic mass is 10.0. The molecule has 1 saturated carbocycles. The van der Waals surface area contributed by atoms with Gasteiger partial charge in [-0.2, -0.15) is 0 Å². The van der Waals surface area contributed by atoms with E-state index in [4.69, 9.17) is 0 Å². The zero-order valence-electron chi connectivity index (χ0n) is 14.3. The Morgan fingerprint density at radius 3 is 2.72 bits per heavy atom. The summed E-state index contributed by atoms with van der Waals surface area (Å²) in [6, 6.07) is 7.54. The molecule has 132 valence electrons. The van der Waals surface area contributed by atoms with Crippen molar-refractivity contribution in [3.63, 3.8) is 0 Å². The summed E-state index contributed by atoms with van der Waals surface area (Å²) in [4.78, 5) is 30.2. The second-order valence-corrected chi connectivity index (χ2v) is 7.04. The largest absolute Gasteiger partial charge is 0.361 e. The van der Waals surface area contributed by atoms with Crippen molar-refractivity contribution in [2.24, 2.45) is 0 Å². The standard InChI is InChI=1S/C19H24N4O2/c24-18(23-9-3-4-10-23)17(22-19(25)21-14-7-8-14)11-13-12-20-16-6-2-1-5-15(13)16/h1-2,5-6,12,14,17,20H,3-4,7-11H2,(H2,21,22,25)/t17-/m0/s1. The van der Waals surface area contributed by atoms with Gasteiger partial charge in [-0.1, -0.05) is 18.2 Å². The van der Waals surface area contributed by atoms with Gasteiger partial charge in [-0.25, -0.2) is 4.79 Å². The van der Waals surface area contributed by atoms with Gasteiger partial charge < -0.3 is 20.5 Å². The van der Waals surface area contributed by atoms with E-state index in [0.717, 1.165) is 55.2 Å². The second kappa shape index (κ2) is 6.78. The van der Waals surface area contributed by atoms with Gasteiger partial charge in [0.2, 0.25) is 5.91 Å². The maximum absolute atomic E-state index is 12.9. The van der Waals surface area contributed by atoms with Gasteiger partial charge in [0.05, 0.1) is 0 Å². The number of benzene rings is 1. The van der Waals surface area contributed by atoms with Crippen LogP contribution in [0.1, 0.15) is 31.2 Å². The van der Waals surface area contributed by atoms with Gasteiger partial charge in [0, 0.05) is 42.7 Å². The molecule has 1 aliphatic heterocycles. The van der Waals surface area contributed by atoms with E-state index >= 15 is 0 Å². The Morgan fingerprint density at radius 2 is 1.96 bits per heavy atom. The number of carbonyl (C=O) groups excluding carboxylic acids is 2. The first kappa shape index (κ1) is 16.0. The highest BCUT2D eigenvalue weighted by Crippen LogP contribution is 2.21. The molecular formula is C19H24N4O2. The van der Waals surface area contributed by atoms with Crippen LogP contribution in [-0.4, -0.2) is 47.0 Å². The van der Waals surface area contributed by atoms with Crippen LogP contribution in [0.4, 0.5) is 4.79 Å². The molecule has 1 aliphatic carbocycles. The summed E-state index contributed by atoms with van der Waals surface area (Å²) in [6.45, 7) is 1.57. The maximum Gasteiger partial charge on any atom is 0.315 e. The number of nitrogens with zero attached hydrogens (tertiary/aromatic N) is 1. The third-order valence-electron chi connectivity index (χ3n) is 5.03. The Kier molecular flexibility index (Phi) is 4.34. The van der Waals surface area contributed by atoms with E-state index < -0.39 is 6.04 Å². The molecule has 25 heavy (non-hydrogen) atoms. The normalized spacial score (nSPS) is 18.3. The highest BCUT2D eigenvalue weighted by Gasteiger charge is 2.30. The van der Waals surface area contributed by atoms with Crippen molar-refractivity contribution >= 4 is 22.8 Å². The van der Waals surface area contributed by atoms with Crippen LogP contribution in [0, 0.1) is 0 Å². The van der Waals surface area contributed by atoms with Gasteiger partial charge in [0.15, 0.2) is 0 Å². The maximum atomic E-state index is 12.9. The number of H-pyrrole nitrogens is 1. The lowest BCUT2D eigenvalue weighted by Crippen LogP contribution is -2.52. The van der Waals surface area contributed by atoms with Crippen LogP contribution in [0.25, 0.3) is 10.9 Å². The molecule has 2 aliphatic rings. The number of aromatic amines is 1. The Labute approximate surface area is 147 Å². The molecule has 3 N–H and O–H groups in total. The summed E-state index contributed by atoms with van der Waals surface area (Å²) < 4.78 is 0. The minimum absolute atomic E-state index is 0.0220. The first-order chi connectivity index (χ1) is 12.2. The van der Waals surface area contributed by atoms with Crippen molar-refractivity contribution in [2.75, 3.05) is 13.1 Å². The molecular weight excluding hydrogens is 316 g/mol. The number of para-hydroxylation sites is 1. The van der Waals surface area contributed by atoms with Crippen molar-refractivity contribution in [1.82, 2.24) is 20.5 Å². The summed E-state index contributed by atoms with van der Waals surface area (Å²) in [5.74, 6) is 0.0220. The molecule has 6 nitrogen and oxygen atoms in total. The zero-order valence-corrected chi connectivity index (χ0v) is 14.3. The highest BCUT2D eigenvalue weighted by molar-refractivity contribution is 5.89. The van der Waals surface area contributed by atoms with Crippen molar-refractivity contribution in [3.05, 3.63) is 36.0 Å². The number of aromatic nitrogens is 1. The molecule has 1 atom stereocenters. The smallest absolute Gasteiger partial charge is 0.315 e. The molecule has 1 aromatic carbocycles. The third-order valence-corrected chi connectivity index (χ3v) is 5.03. The fourth-order valence-electron chi connectivity index (χ4n) is 3.49. The molecule has 0 bridgehead atoms. The van der Waals surface area contributed by atoms with Crippen molar-refractivity contribution < 1.29 is 9.59 Å². The molecule has 1 aromatic heterocycles. The van der Waals surface area contributed by atoms with E-state index in [2.05, 4.69) is 15.6 Å². The highest BCUT2D eigenvalue weighted by atomic mass is 16.2. The van der Waals surface area contributed by atoms with E-state index in [1.807, 2.05) is 35.4 Å². The molecule has 2 aromatic rings. The van der Waals surface area contributed by atoms with Gasteiger partial charge >= 0.3 is 6.03 Å². The molecule has 4 rings (SSSR count). The average Bonchev–Trinajstić information content (AvgIpc) is 3.12. The third kappa shape index (κ3) is 3.62. The number of carbonyl (C=O) groups is 2. The molecule has 6 heteroatoms. The van der Waals surface area contributed by atoms with E-state index in [9.17, 15) is 9.59 Å². The summed E-state index contributed by atoms with van der Waals surface area (Å²) in [7, 11) is 0. The lowest BCUT2D eigenvalue weighted by molar-refractivity contribution is -0.132. The van der Waals surface area contributed by atoms with E-state index in [1.54, 1.807) is 0 Å². The number of hydrogen-bond donors (Lipinski definition) is 3. The van der Waals surface area contributed by atoms with Crippen LogP contribution in [0.15, 0.2) is 30.5 Å². The molecule has 0 unspecified atom stereocenters. The van der Waals surface area contributed by atoms with E-state index in [-0.39, 0.29) is 18.0 Å². The Morgan fingerprint density at radius 1 is 1.20 bits per heavy atom. The van der Waals surface area contributed by atoms with Crippen molar-refractivity contribution in [1.29, 1.82) is 0 Å². The van der Waals surface area contributed by atoms with Crippen LogP contribution in [-0.2, 0) is 11.2 Å². The predicted octanol–water partition coefficient (Wildman–Crippen LogP) is 2.16. The molecule has 2 heterocycles. The number of urea groups is 1. The Bertz CT molecular complexity index is 775. The quantitative estimate of drug-likeness (QED) is 0.780. The molecule has 2 fully saturated rings. The van der Waals surface area contributed by atoms with Gasteiger partial charge in [0.1, 0.15) is 6.04 Å². The summed E-state index contributed by atoms with van der Waals surface area (Å²) in [5, 5.41) is 6.93. The molecule has 0 spiro atoms. The molecule has 1 saturated heterocycles. The Balaban J connectivity index is 1.52. The number of nitrogens with one attached hydrogen (secondary N) is 3. The fraction of sp³-hybridized carbons (Fsp3) is 0.474. The predicted molar refractivity (Wildman–Crippen MR) is 96.3 cm³/mol. The monoisotopic (exact) mass is 340 g/mol. The van der Waals surface area contributed by atoms with Crippen LogP contribution in [0.2, 0.25) is 0 Å². The van der Waals surface area contributed by atoms with Crippen LogP contribution < -0.4 is 10.6 Å². The first-order valence-corrected chi connectivity index (χ1v) is 9.11. The van der Waals surface area contributed by atoms with E-state index in [1.165, 1.54) is 0 Å². The van der Waals surface area contributed by atoms with Gasteiger partial charge in [0.25, 0.3) is 0 Å². The van der Waals surface area contributed by atoms with Crippen LogP contribution in [0.3, 0.4) is 0 Å². The number of hydrogen-bond acceptors (Lipinski definition) is 2. The molecule has 3 amide bonds.